The monoisotopic (exact) mass is 219 g/mol. The highest BCUT2D eigenvalue weighted by Gasteiger charge is 2.24. The van der Waals surface area contributed by atoms with Crippen molar-refractivity contribution in [2.45, 2.75) is 31.0 Å². The lowest BCUT2D eigenvalue weighted by Gasteiger charge is -2.24. The van der Waals surface area contributed by atoms with Crippen molar-refractivity contribution in [2.75, 3.05) is 6.54 Å². The first-order chi connectivity index (χ1) is 5.20. The molecule has 0 aromatic heterocycles. The standard InChI is InChI=1S/C8H14BrNO/c1-6(9)5-10-8(11)7-3-2-4-7/h6-7H,2-5H2,1H3,(H,10,11). The van der Waals surface area contributed by atoms with Crippen LogP contribution in [0.15, 0.2) is 0 Å². The Kier molecular flexibility index (Phi) is 3.37. The molecule has 64 valence electrons. The minimum Gasteiger partial charge on any atom is -0.355 e. The zero-order chi connectivity index (χ0) is 8.27. The average Bonchev–Trinajstić information content (AvgIpc) is 1.79. The topological polar surface area (TPSA) is 29.1 Å². The van der Waals surface area contributed by atoms with Crippen LogP contribution in [0, 0.1) is 5.92 Å². The van der Waals surface area contributed by atoms with Crippen molar-refractivity contribution in [3.05, 3.63) is 0 Å². The quantitative estimate of drug-likeness (QED) is 0.720. The van der Waals surface area contributed by atoms with E-state index in [0.717, 1.165) is 19.4 Å². The van der Waals surface area contributed by atoms with Crippen molar-refractivity contribution in [3.8, 4) is 0 Å². The van der Waals surface area contributed by atoms with Crippen molar-refractivity contribution in [3.63, 3.8) is 0 Å². The second-order valence-electron chi connectivity index (χ2n) is 3.15. The Morgan fingerprint density at radius 1 is 1.73 bits per heavy atom. The summed E-state index contributed by atoms with van der Waals surface area (Å²) in [5.41, 5.74) is 0. The molecule has 1 N–H and O–H groups in total. The van der Waals surface area contributed by atoms with E-state index in [0.29, 0.717) is 10.7 Å². The smallest absolute Gasteiger partial charge is 0.223 e. The lowest BCUT2D eigenvalue weighted by molar-refractivity contribution is -0.127. The van der Waals surface area contributed by atoms with E-state index in [1.54, 1.807) is 0 Å². The zero-order valence-corrected chi connectivity index (χ0v) is 8.36. The number of nitrogens with one attached hydrogen (secondary N) is 1. The Morgan fingerprint density at radius 2 is 2.36 bits per heavy atom. The van der Waals surface area contributed by atoms with Crippen LogP contribution < -0.4 is 5.32 Å². The van der Waals surface area contributed by atoms with E-state index in [1.165, 1.54) is 6.42 Å². The molecule has 0 saturated heterocycles. The summed E-state index contributed by atoms with van der Waals surface area (Å²) in [6, 6.07) is 0. The molecule has 1 aliphatic rings. The molecule has 0 spiro atoms. The highest BCUT2D eigenvalue weighted by Crippen LogP contribution is 2.26. The van der Waals surface area contributed by atoms with Crippen molar-refractivity contribution < 1.29 is 4.79 Å². The third-order valence-electron chi connectivity index (χ3n) is 2.03. The Balaban J connectivity index is 2.10. The van der Waals surface area contributed by atoms with Crippen LogP contribution in [0.2, 0.25) is 0 Å². The van der Waals surface area contributed by atoms with Gasteiger partial charge in [0.25, 0.3) is 0 Å². The third-order valence-corrected chi connectivity index (χ3v) is 2.36. The predicted octanol–water partition coefficient (Wildman–Crippen LogP) is 1.69. The molecule has 0 aromatic rings. The minimum absolute atomic E-state index is 0.238. The summed E-state index contributed by atoms with van der Waals surface area (Å²) >= 11 is 3.38. The van der Waals surface area contributed by atoms with Crippen LogP contribution in [0.1, 0.15) is 26.2 Å². The summed E-state index contributed by atoms with van der Waals surface area (Å²) in [4.78, 5) is 11.6. The summed E-state index contributed by atoms with van der Waals surface area (Å²) in [6.45, 7) is 2.77. The summed E-state index contributed by atoms with van der Waals surface area (Å²) in [5.74, 6) is 0.559. The summed E-state index contributed by atoms with van der Waals surface area (Å²) in [7, 11) is 0. The Morgan fingerprint density at radius 3 is 2.73 bits per heavy atom. The highest BCUT2D eigenvalue weighted by atomic mass is 79.9. The van der Waals surface area contributed by atoms with Crippen molar-refractivity contribution in [2.24, 2.45) is 5.92 Å². The third kappa shape index (κ3) is 2.81. The maximum absolute atomic E-state index is 11.2. The van der Waals surface area contributed by atoms with Gasteiger partial charge in [-0.3, -0.25) is 4.79 Å². The molecule has 1 unspecified atom stereocenters. The van der Waals surface area contributed by atoms with Crippen LogP contribution in [0.4, 0.5) is 0 Å². The molecule has 1 saturated carbocycles. The lowest BCUT2D eigenvalue weighted by Crippen LogP contribution is -2.36. The number of alkyl halides is 1. The van der Waals surface area contributed by atoms with Gasteiger partial charge in [-0.15, -0.1) is 0 Å². The summed E-state index contributed by atoms with van der Waals surface area (Å²) in [5, 5.41) is 2.90. The van der Waals surface area contributed by atoms with Gasteiger partial charge in [0.2, 0.25) is 5.91 Å². The fourth-order valence-electron chi connectivity index (χ4n) is 1.06. The van der Waals surface area contributed by atoms with Gasteiger partial charge in [0.1, 0.15) is 0 Å². The number of halogens is 1. The van der Waals surface area contributed by atoms with Crippen LogP contribution in [0.5, 0.6) is 0 Å². The van der Waals surface area contributed by atoms with E-state index >= 15 is 0 Å². The molecule has 1 atom stereocenters. The highest BCUT2D eigenvalue weighted by molar-refractivity contribution is 9.09. The van der Waals surface area contributed by atoms with Gasteiger partial charge in [0.15, 0.2) is 0 Å². The average molecular weight is 220 g/mol. The van der Waals surface area contributed by atoms with Crippen LogP contribution in [-0.2, 0) is 4.79 Å². The molecule has 1 aliphatic carbocycles. The van der Waals surface area contributed by atoms with Gasteiger partial charge in [0.05, 0.1) is 0 Å². The first kappa shape index (κ1) is 9.04. The molecule has 0 radical (unpaired) electrons. The van der Waals surface area contributed by atoms with Gasteiger partial charge < -0.3 is 5.32 Å². The molecule has 11 heavy (non-hydrogen) atoms. The minimum atomic E-state index is 0.238. The Bertz CT molecular complexity index is 143. The van der Waals surface area contributed by atoms with E-state index in [1.807, 2.05) is 6.92 Å². The van der Waals surface area contributed by atoms with Crippen LogP contribution in [-0.4, -0.2) is 17.3 Å². The van der Waals surface area contributed by atoms with Crippen LogP contribution >= 0.6 is 15.9 Å². The number of amides is 1. The lowest BCUT2D eigenvalue weighted by atomic mass is 9.85. The second-order valence-corrected chi connectivity index (χ2v) is 4.72. The van der Waals surface area contributed by atoms with E-state index in [-0.39, 0.29) is 5.91 Å². The number of carbonyl (C=O) groups excluding carboxylic acids is 1. The molecule has 0 aromatic carbocycles. The van der Waals surface area contributed by atoms with Gasteiger partial charge in [-0.25, -0.2) is 0 Å². The fourth-order valence-corrected chi connectivity index (χ4v) is 1.22. The molecular formula is C8H14BrNO. The number of hydrogen-bond donors (Lipinski definition) is 1. The number of carbonyl (C=O) groups is 1. The number of hydrogen-bond acceptors (Lipinski definition) is 1. The van der Waals surface area contributed by atoms with Crippen LogP contribution in [0.3, 0.4) is 0 Å². The summed E-state index contributed by atoms with van der Waals surface area (Å²) < 4.78 is 0. The van der Waals surface area contributed by atoms with Gasteiger partial charge in [-0.2, -0.15) is 0 Å². The Labute approximate surface area is 75.9 Å². The first-order valence-corrected chi connectivity index (χ1v) is 5.03. The summed E-state index contributed by atoms with van der Waals surface area (Å²) in [6.07, 6.45) is 3.40. The maximum Gasteiger partial charge on any atom is 0.223 e. The van der Waals surface area contributed by atoms with Crippen molar-refractivity contribution in [1.82, 2.24) is 5.32 Å². The molecule has 0 heterocycles. The Hall–Kier alpha value is -0.0500. The van der Waals surface area contributed by atoms with Crippen molar-refractivity contribution >= 4 is 21.8 Å². The van der Waals surface area contributed by atoms with Crippen LogP contribution in [0.25, 0.3) is 0 Å². The molecule has 1 fully saturated rings. The van der Waals surface area contributed by atoms with Gasteiger partial charge in [-0.1, -0.05) is 29.3 Å². The SMILES string of the molecule is CC(Br)CNC(=O)C1CCC1. The number of rotatable bonds is 3. The molecule has 1 rings (SSSR count). The molecular weight excluding hydrogens is 206 g/mol. The van der Waals surface area contributed by atoms with E-state index < -0.39 is 0 Å². The normalized spacial score (nSPS) is 20.5. The molecule has 2 nitrogen and oxygen atoms in total. The van der Waals surface area contributed by atoms with Gasteiger partial charge in [0, 0.05) is 17.3 Å². The predicted molar refractivity (Wildman–Crippen MR) is 48.7 cm³/mol. The first-order valence-electron chi connectivity index (χ1n) is 4.12. The molecule has 0 aliphatic heterocycles. The zero-order valence-electron chi connectivity index (χ0n) is 6.77. The maximum atomic E-state index is 11.2. The van der Waals surface area contributed by atoms with Gasteiger partial charge >= 0.3 is 0 Å². The molecule has 3 heteroatoms. The van der Waals surface area contributed by atoms with E-state index in [9.17, 15) is 4.79 Å². The molecule has 1 amide bonds. The second kappa shape index (κ2) is 4.10. The van der Waals surface area contributed by atoms with E-state index in [2.05, 4.69) is 21.2 Å². The molecule has 0 bridgehead atoms. The van der Waals surface area contributed by atoms with E-state index in [4.69, 9.17) is 0 Å². The van der Waals surface area contributed by atoms with Gasteiger partial charge in [-0.05, 0) is 12.8 Å². The fraction of sp³-hybridized carbons (Fsp3) is 0.875. The largest absolute Gasteiger partial charge is 0.355 e. The van der Waals surface area contributed by atoms with Crippen molar-refractivity contribution in [1.29, 1.82) is 0 Å².